The van der Waals surface area contributed by atoms with Gasteiger partial charge in [-0.05, 0) is 42.0 Å². The lowest BCUT2D eigenvalue weighted by Crippen LogP contribution is -2.18. The second-order valence-corrected chi connectivity index (χ2v) is 6.10. The topological polar surface area (TPSA) is 46.9 Å². The highest BCUT2D eigenvalue weighted by atomic mass is 19.4. The summed E-state index contributed by atoms with van der Waals surface area (Å²) in [6, 6.07) is 8.68. The third-order valence-corrected chi connectivity index (χ3v) is 4.00. The lowest BCUT2D eigenvalue weighted by Gasteiger charge is -2.15. The van der Waals surface area contributed by atoms with Crippen molar-refractivity contribution in [3.63, 3.8) is 0 Å². The van der Waals surface area contributed by atoms with Crippen LogP contribution >= 0.6 is 0 Å². The van der Waals surface area contributed by atoms with Crippen LogP contribution in [0.2, 0.25) is 0 Å². The van der Waals surface area contributed by atoms with Crippen LogP contribution in [0.3, 0.4) is 0 Å². The van der Waals surface area contributed by atoms with Crippen molar-refractivity contribution in [2.75, 3.05) is 5.32 Å². The minimum atomic E-state index is -4.74. The van der Waals surface area contributed by atoms with E-state index in [4.69, 9.17) is 0 Å². The SMILES string of the molecule is O=C(Cc1ccc(C(F)(F)F)cc1)Nc1ccc(-n2cccn2)cc1C(F)(F)F. The van der Waals surface area contributed by atoms with Gasteiger partial charge in [0.1, 0.15) is 0 Å². The van der Waals surface area contributed by atoms with E-state index in [0.717, 1.165) is 36.4 Å². The average Bonchev–Trinajstić information content (AvgIpc) is 3.15. The van der Waals surface area contributed by atoms with E-state index in [1.165, 1.54) is 23.1 Å². The molecule has 0 aliphatic heterocycles. The van der Waals surface area contributed by atoms with Crippen molar-refractivity contribution < 1.29 is 31.1 Å². The molecule has 152 valence electrons. The van der Waals surface area contributed by atoms with Crippen molar-refractivity contribution in [1.82, 2.24) is 9.78 Å². The fraction of sp³-hybridized carbons (Fsp3) is 0.158. The van der Waals surface area contributed by atoms with Crippen molar-refractivity contribution in [2.24, 2.45) is 0 Å². The molecule has 1 heterocycles. The van der Waals surface area contributed by atoms with E-state index in [1.54, 1.807) is 6.07 Å². The van der Waals surface area contributed by atoms with Gasteiger partial charge in [0.05, 0.1) is 28.9 Å². The van der Waals surface area contributed by atoms with Crippen LogP contribution in [0.25, 0.3) is 5.69 Å². The Balaban J connectivity index is 1.79. The third-order valence-electron chi connectivity index (χ3n) is 4.00. The van der Waals surface area contributed by atoms with Crippen LogP contribution in [0.5, 0.6) is 0 Å². The van der Waals surface area contributed by atoms with Crippen LogP contribution in [0.15, 0.2) is 60.9 Å². The second-order valence-electron chi connectivity index (χ2n) is 6.10. The van der Waals surface area contributed by atoms with Crippen LogP contribution in [0.1, 0.15) is 16.7 Å². The highest BCUT2D eigenvalue weighted by Crippen LogP contribution is 2.36. The van der Waals surface area contributed by atoms with E-state index in [-0.39, 0.29) is 17.7 Å². The molecule has 0 atom stereocenters. The van der Waals surface area contributed by atoms with E-state index < -0.39 is 35.1 Å². The number of rotatable bonds is 4. The molecule has 10 heteroatoms. The van der Waals surface area contributed by atoms with Gasteiger partial charge < -0.3 is 5.32 Å². The molecule has 0 fully saturated rings. The van der Waals surface area contributed by atoms with Gasteiger partial charge in [0, 0.05) is 12.4 Å². The molecule has 3 rings (SSSR count). The third kappa shape index (κ3) is 4.95. The highest BCUT2D eigenvalue weighted by molar-refractivity contribution is 5.93. The standard InChI is InChI=1S/C19H13F6N3O/c20-18(21,22)13-4-2-12(3-5-13)10-17(29)27-16-7-6-14(28-9-1-8-26-28)11-15(16)19(23,24)25/h1-9,11H,10H2,(H,27,29). The quantitative estimate of drug-likeness (QED) is 0.606. The lowest BCUT2D eigenvalue weighted by atomic mass is 10.1. The second kappa shape index (κ2) is 7.61. The maximum absolute atomic E-state index is 13.4. The minimum Gasteiger partial charge on any atom is -0.325 e. The average molecular weight is 413 g/mol. The molecule has 29 heavy (non-hydrogen) atoms. The summed E-state index contributed by atoms with van der Waals surface area (Å²) in [6.45, 7) is 0. The lowest BCUT2D eigenvalue weighted by molar-refractivity contribution is -0.138. The molecule has 0 unspecified atom stereocenters. The predicted octanol–water partition coefficient (Wildman–Crippen LogP) is 5.09. The fourth-order valence-electron chi connectivity index (χ4n) is 2.63. The first-order valence-corrected chi connectivity index (χ1v) is 8.21. The molecular formula is C19H13F6N3O. The van der Waals surface area contributed by atoms with Gasteiger partial charge in [-0.25, -0.2) is 4.68 Å². The Morgan fingerprint density at radius 2 is 1.66 bits per heavy atom. The fourth-order valence-corrected chi connectivity index (χ4v) is 2.63. The molecule has 0 saturated heterocycles. The number of benzene rings is 2. The molecule has 0 radical (unpaired) electrons. The Morgan fingerprint density at radius 1 is 0.966 bits per heavy atom. The number of amides is 1. The number of aromatic nitrogens is 2. The number of nitrogens with one attached hydrogen (secondary N) is 1. The molecular weight excluding hydrogens is 400 g/mol. The number of hydrogen-bond donors (Lipinski definition) is 1. The molecule has 4 nitrogen and oxygen atoms in total. The van der Waals surface area contributed by atoms with Crippen molar-refractivity contribution in [3.05, 3.63) is 77.6 Å². The summed E-state index contributed by atoms with van der Waals surface area (Å²) in [5.74, 6) is -0.790. The van der Waals surface area contributed by atoms with Crippen LogP contribution in [-0.2, 0) is 23.6 Å². The number of nitrogens with zero attached hydrogens (tertiary/aromatic N) is 2. The van der Waals surface area contributed by atoms with Crippen LogP contribution in [-0.4, -0.2) is 15.7 Å². The summed E-state index contributed by atoms with van der Waals surface area (Å²) in [7, 11) is 0. The molecule has 1 amide bonds. The summed E-state index contributed by atoms with van der Waals surface area (Å²) in [5.41, 5.74) is -2.01. The minimum absolute atomic E-state index is 0.156. The Morgan fingerprint density at radius 3 is 2.21 bits per heavy atom. The van der Waals surface area contributed by atoms with Gasteiger partial charge in [0.2, 0.25) is 5.91 Å². The van der Waals surface area contributed by atoms with Crippen LogP contribution < -0.4 is 5.32 Å². The largest absolute Gasteiger partial charge is 0.418 e. The first-order chi connectivity index (χ1) is 13.5. The molecule has 3 aromatic rings. The zero-order chi connectivity index (χ0) is 21.2. The first kappa shape index (κ1) is 20.4. The Kier molecular flexibility index (Phi) is 5.36. The van der Waals surface area contributed by atoms with E-state index in [9.17, 15) is 31.1 Å². The summed E-state index contributed by atoms with van der Waals surface area (Å²) in [5, 5.41) is 6.03. The van der Waals surface area contributed by atoms with Gasteiger partial charge >= 0.3 is 12.4 Å². The smallest absolute Gasteiger partial charge is 0.325 e. The van der Waals surface area contributed by atoms with E-state index >= 15 is 0 Å². The number of halogens is 6. The Hall–Kier alpha value is -3.30. The molecule has 0 aliphatic rings. The van der Waals surface area contributed by atoms with Gasteiger partial charge in [0.15, 0.2) is 0 Å². The van der Waals surface area contributed by atoms with Crippen molar-refractivity contribution in [3.8, 4) is 5.69 Å². The van der Waals surface area contributed by atoms with Crippen LogP contribution in [0.4, 0.5) is 32.0 Å². The zero-order valence-corrected chi connectivity index (χ0v) is 14.6. The number of carbonyl (C=O) groups excluding carboxylic acids is 1. The maximum atomic E-state index is 13.4. The number of anilines is 1. The molecule has 0 aliphatic carbocycles. The van der Waals surface area contributed by atoms with Gasteiger partial charge in [-0.3, -0.25) is 4.79 Å². The molecule has 1 aromatic heterocycles. The van der Waals surface area contributed by atoms with Crippen LogP contribution in [0, 0.1) is 0 Å². The first-order valence-electron chi connectivity index (χ1n) is 8.21. The summed E-state index contributed by atoms with van der Waals surface area (Å²) in [6.07, 6.45) is -6.75. The number of alkyl halides is 6. The predicted molar refractivity (Wildman–Crippen MR) is 92.3 cm³/mol. The number of carbonyl (C=O) groups is 1. The van der Waals surface area contributed by atoms with E-state index in [1.807, 2.05) is 0 Å². The Bertz CT molecular complexity index is 992. The van der Waals surface area contributed by atoms with E-state index in [0.29, 0.717) is 0 Å². The summed E-state index contributed by atoms with van der Waals surface area (Å²) >= 11 is 0. The normalized spacial score (nSPS) is 12.1. The maximum Gasteiger partial charge on any atom is 0.418 e. The molecule has 0 bridgehead atoms. The van der Waals surface area contributed by atoms with Crippen molar-refractivity contribution >= 4 is 11.6 Å². The van der Waals surface area contributed by atoms with E-state index in [2.05, 4.69) is 10.4 Å². The van der Waals surface area contributed by atoms with Gasteiger partial charge in [0.25, 0.3) is 0 Å². The van der Waals surface area contributed by atoms with Crippen molar-refractivity contribution in [1.29, 1.82) is 0 Å². The summed E-state index contributed by atoms with van der Waals surface area (Å²) in [4.78, 5) is 12.1. The monoisotopic (exact) mass is 413 g/mol. The molecule has 1 N–H and O–H groups in total. The summed E-state index contributed by atoms with van der Waals surface area (Å²) < 4.78 is 79.2. The Labute approximate surface area is 160 Å². The molecule has 0 spiro atoms. The van der Waals surface area contributed by atoms with Gasteiger partial charge in [-0.15, -0.1) is 0 Å². The van der Waals surface area contributed by atoms with Gasteiger partial charge in [-0.1, -0.05) is 12.1 Å². The molecule has 0 saturated carbocycles. The molecule has 2 aromatic carbocycles. The van der Waals surface area contributed by atoms with Gasteiger partial charge in [-0.2, -0.15) is 31.4 Å². The zero-order valence-electron chi connectivity index (χ0n) is 14.6. The van der Waals surface area contributed by atoms with Crippen molar-refractivity contribution in [2.45, 2.75) is 18.8 Å². The highest BCUT2D eigenvalue weighted by Gasteiger charge is 2.34. The number of hydrogen-bond acceptors (Lipinski definition) is 2.